The van der Waals surface area contributed by atoms with E-state index in [0.29, 0.717) is 17.7 Å². The van der Waals surface area contributed by atoms with Crippen molar-refractivity contribution in [1.82, 2.24) is 15.1 Å². The van der Waals surface area contributed by atoms with Crippen molar-refractivity contribution < 1.29 is 4.42 Å². The largest absolute Gasteiger partial charge is 0.424 e. The molecule has 16 heavy (non-hydrogen) atoms. The van der Waals surface area contributed by atoms with E-state index in [-0.39, 0.29) is 6.04 Å². The van der Waals surface area contributed by atoms with E-state index < -0.39 is 0 Å². The lowest BCUT2D eigenvalue weighted by atomic mass is 9.92. The SMILES string of the molecule is Cc1nnc(CN2CCCC(C(C)N)C2)o1. The Hall–Kier alpha value is -0.940. The molecule has 90 valence electrons. The molecule has 1 aromatic heterocycles. The molecule has 0 saturated carbocycles. The van der Waals surface area contributed by atoms with Crippen LogP contribution < -0.4 is 5.73 Å². The molecule has 2 atom stereocenters. The summed E-state index contributed by atoms with van der Waals surface area (Å²) in [4.78, 5) is 2.35. The highest BCUT2D eigenvalue weighted by molar-refractivity contribution is 4.83. The van der Waals surface area contributed by atoms with Crippen molar-refractivity contribution in [2.24, 2.45) is 11.7 Å². The van der Waals surface area contributed by atoms with Gasteiger partial charge >= 0.3 is 0 Å². The van der Waals surface area contributed by atoms with Crippen molar-refractivity contribution in [3.8, 4) is 0 Å². The predicted octanol–water partition coefficient (Wildman–Crippen LogP) is 0.937. The topological polar surface area (TPSA) is 68.2 Å². The third-order valence-corrected chi connectivity index (χ3v) is 3.21. The molecule has 1 aliphatic heterocycles. The molecule has 1 saturated heterocycles. The fraction of sp³-hybridized carbons (Fsp3) is 0.818. The molecule has 0 aromatic carbocycles. The minimum atomic E-state index is 0.271. The summed E-state index contributed by atoms with van der Waals surface area (Å²) >= 11 is 0. The van der Waals surface area contributed by atoms with E-state index in [1.807, 2.05) is 6.92 Å². The van der Waals surface area contributed by atoms with E-state index in [1.165, 1.54) is 12.8 Å². The molecule has 1 fully saturated rings. The number of aromatic nitrogens is 2. The first-order valence-corrected chi connectivity index (χ1v) is 5.92. The lowest BCUT2D eigenvalue weighted by Gasteiger charge is -2.33. The van der Waals surface area contributed by atoms with Crippen molar-refractivity contribution in [2.75, 3.05) is 13.1 Å². The van der Waals surface area contributed by atoms with Gasteiger partial charge in [0.05, 0.1) is 6.54 Å². The van der Waals surface area contributed by atoms with Crippen LogP contribution in [0.4, 0.5) is 0 Å². The van der Waals surface area contributed by atoms with Gasteiger partial charge < -0.3 is 10.2 Å². The average molecular weight is 224 g/mol. The lowest BCUT2D eigenvalue weighted by Crippen LogP contribution is -2.41. The van der Waals surface area contributed by atoms with Crippen molar-refractivity contribution in [2.45, 2.75) is 39.3 Å². The van der Waals surface area contributed by atoms with Crippen LogP contribution in [0.5, 0.6) is 0 Å². The zero-order chi connectivity index (χ0) is 11.5. The molecular weight excluding hydrogens is 204 g/mol. The first kappa shape index (κ1) is 11.5. The minimum Gasteiger partial charge on any atom is -0.424 e. The van der Waals surface area contributed by atoms with Crippen molar-refractivity contribution in [1.29, 1.82) is 0 Å². The first-order valence-electron chi connectivity index (χ1n) is 5.92. The third-order valence-electron chi connectivity index (χ3n) is 3.21. The quantitative estimate of drug-likeness (QED) is 0.827. The van der Waals surface area contributed by atoms with E-state index in [2.05, 4.69) is 22.0 Å². The van der Waals surface area contributed by atoms with Crippen LogP contribution in [0.15, 0.2) is 4.42 Å². The zero-order valence-electron chi connectivity index (χ0n) is 10.0. The number of hydrogen-bond acceptors (Lipinski definition) is 5. The Kier molecular flexibility index (Phi) is 3.56. The molecule has 2 unspecified atom stereocenters. The molecule has 0 spiro atoms. The Balaban J connectivity index is 1.90. The molecule has 0 radical (unpaired) electrons. The molecule has 5 nitrogen and oxygen atoms in total. The standard InChI is InChI=1S/C11H20N4O/c1-8(12)10-4-3-5-15(6-10)7-11-14-13-9(2)16-11/h8,10H,3-7,12H2,1-2H3. The smallest absolute Gasteiger partial charge is 0.230 e. The number of likely N-dealkylation sites (tertiary alicyclic amines) is 1. The van der Waals surface area contributed by atoms with E-state index in [9.17, 15) is 0 Å². The van der Waals surface area contributed by atoms with Gasteiger partial charge in [-0.25, -0.2) is 0 Å². The highest BCUT2D eigenvalue weighted by Crippen LogP contribution is 2.20. The molecule has 5 heteroatoms. The van der Waals surface area contributed by atoms with Crippen molar-refractivity contribution in [3.05, 3.63) is 11.8 Å². The Morgan fingerprint density at radius 1 is 1.56 bits per heavy atom. The summed E-state index contributed by atoms with van der Waals surface area (Å²) in [6, 6.07) is 0.271. The van der Waals surface area contributed by atoms with Gasteiger partial charge in [-0.1, -0.05) is 0 Å². The summed E-state index contributed by atoms with van der Waals surface area (Å²) in [5.41, 5.74) is 5.95. The van der Waals surface area contributed by atoms with Crippen molar-refractivity contribution >= 4 is 0 Å². The molecule has 2 N–H and O–H groups in total. The van der Waals surface area contributed by atoms with Gasteiger partial charge in [0, 0.05) is 19.5 Å². The van der Waals surface area contributed by atoms with Gasteiger partial charge in [-0.15, -0.1) is 10.2 Å². The van der Waals surface area contributed by atoms with Crippen LogP contribution in [-0.4, -0.2) is 34.2 Å². The number of nitrogens with two attached hydrogens (primary N) is 1. The Morgan fingerprint density at radius 3 is 3.00 bits per heavy atom. The maximum absolute atomic E-state index is 5.95. The highest BCUT2D eigenvalue weighted by Gasteiger charge is 2.23. The van der Waals surface area contributed by atoms with Crippen LogP contribution in [0.1, 0.15) is 31.5 Å². The van der Waals surface area contributed by atoms with E-state index in [4.69, 9.17) is 10.2 Å². The molecule has 1 aliphatic rings. The maximum Gasteiger partial charge on any atom is 0.230 e. The van der Waals surface area contributed by atoms with Gasteiger partial charge in [0.1, 0.15) is 0 Å². The van der Waals surface area contributed by atoms with Gasteiger partial charge in [-0.2, -0.15) is 0 Å². The summed E-state index contributed by atoms with van der Waals surface area (Å²) in [7, 11) is 0. The minimum absolute atomic E-state index is 0.271. The summed E-state index contributed by atoms with van der Waals surface area (Å²) < 4.78 is 5.39. The fourth-order valence-electron chi connectivity index (χ4n) is 2.26. The Morgan fingerprint density at radius 2 is 2.38 bits per heavy atom. The normalized spacial score (nSPS) is 24.6. The summed E-state index contributed by atoms with van der Waals surface area (Å²) in [6.07, 6.45) is 2.44. The number of aryl methyl sites for hydroxylation is 1. The summed E-state index contributed by atoms with van der Waals surface area (Å²) in [6.45, 7) is 6.80. The monoisotopic (exact) mass is 224 g/mol. The van der Waals surface area contributed by atoms with Crippen LogP contribution >= 0.6 is 0 Å². The van der Waals surface area contributed by atoms with E-state index in [1.54, 1.807) is 0 Å². The number of hydrogen-bond donors (Lipinski definition) is 1. The Labute approximate surface area is 96.0 Å². The predicted molar refractivity (Wildman–Crippen MR) is 60.7 cm³/mol. The molecule has 2 heterocycles. The van der Waals surface area contributed by atoms with Crippen LogP contribution in [-0.2, 0) is 6.54 Å². The number of piperidine rings is 1. The molecule has 0 bridgehead atoms. The summed E-state index contributed by atoms with van der Waals surface area (Å²) in [5, 5.41) is 7.86. The second-order valence-electron chi connectivity index (χ2n) is 4.71. The van der Waals surface area contributed by atoms with E-state index in [0.717, 1.165) is 19.6 Å². The van der Waals surface area contributed by atoms with Gasteiger partial charge in [-0.3, -0.25) is 4.90 Å². The third kappa shape index (κ3) is 2.80. The van der Waals surface area contributed by atoms with Gasteiger partial charge in [0.25, 0.3) is 0 Å². The van der Waals surface area contributed by atoms with Gasteiger partial charge in [0.15, 0.2) is 0 Å². The van der Waals surface area contributed by atoms with Gasteiger partial charge in [0.2, 0.25) is 11.8 Å². The lowest BCUT2D eigenvalue weighted by molar-refractivity contribution is 0.142. The number of nitrogens with zero attached hydrogens (tertiary/aromatic N) is 3. The second kappa shape index (κ2) is 4.93. The average Bonchev–Trinajstić information content (AvgIpc) is 2.64. The van der Waals surface area contributed by atoms with Crippen LogP contribution in [0.25, 0.3) is 0 Å². The molecule has 0 aliphatic carbocycles. The Bertz CT molecular complexity index is 336. The fourth-order valence-corrected chi connectivity index (χ4v) is 2.26. The van der Waals surface area contributed by atoms with Gasteiger partial charge in [-0.05, 0) is 32.2 Å². The number of rotatable bonds is 3. The van der Waals surface area contributed by atoms with Crippen LogP contribution in [0.2, 0.25) is 0 Å². The first-order chi connectivity index (χ1) is 7.65. The zero-order valence-corrected chi connectivity index (χ0v) is 10.0. The summed E-state index contributed by atoms with van der Waals surface area (Å²) in [5.74, 6) is 1.94. The van der Waals surface area contributed by atoms with Crippen molar-refractivity contribution in [3.63, 3.8) is 0 Å². The maximum atomic E-state index is 5.95. The molecule has 1 aromatic rings. The molecule has 2 rings (SSSR count). The second-order valence-corrected chi connectivity index (χ2v) is 4.71. The highest BCUT2D eigenvalue weighted by atomic mass is 16.4. The van der Waals surface area contributed by atoms with Crippen LogP contribution in [0, 0.1) is 12.8 Å². The van der Waals surface area contributed by atoms with E-state index >= 15 is 0 Å². The molecule has 0 amide bonds. The van der Waals surface area contributed by atoms with Crippen LogP contribution in [0.3, 0.4) is 0 Å². The molecular formula is C11H20N4O.